The summed E-state index contributed by atoms with van der Waals surface area (Å²) >= 11 is 1.46. The number of rotatable bonds is 5. The number of nitrogens with one attached hydrogen (secondary N) is 2. The first kappa shape index (κ1) is 16.8. The molecule has 1 aromatic carbocycles. The van der Waals surface area contributed by atoms with Gasteiger partial charge in [-0.05, 0) is 44.7 Å². The van der Waals surface area contributed by atoms with Gasteiger partial charge < -0.3 is 15.4 Å². The average molecular weight is 371 g/mol. The molecule has 0 spiro atoms. The number of nitrogens with zero attached hydrogens (tertiary/aromatic N) is 3. The van der Waals surface area contributed by atoms with Crippen molar-refractivity contribution in [2.24, 2.45) is 0 Å². The number of carbonyl (C=O) groups excluding carboxylic acids is 1. The molecule has 4 rings (SSSR count). The van der Waals surface area contributed by atoms with E-state index in [1.54, 1.807) is 10.0 Å². The minimum absolute atomic E-state index is 0.221. The van der Waals surface area contributed by atoms with Gasteiger partial charge in [0.15, 0.2) is 0 Å². The van der Waals surface area contributed by atoms with Gasteiger partial charge in [0.1, 0.15) is 11.3 Å². The Hall–Kier alpha value is -2.61. The van der Waals surface area contributed by atoms with E-state index in [2.05, 4.69) is 20.7 Å². The fourth-order valence-corrected chi connectivity index (χ4v) is 3.76. The van der Waals surface area contributed by atoms with E-state index < -0.39 is 0 Å². The van der Waals surface area contributed by atoms with E-state index in [1.165, 1.54) is 24.2 Å². The van der Waals surface area contributed by atoms with E-state index in [9.17, 15) is 4.79 Å². The van der Waals surface area contributed by atoms with Gasteiger partial charge in [0.05, 0.1) is 24.0 Å². The SMILES string of the molecule is C[C@H](NC(=O)Nc1cccc(OC2CCCC2)c1)c1cn2ncsc2n1. The van der Waals surface area contributed by atoms with E-state index in [0.717, 1.165) is 29.2 Å². The van der Waals surface area contributed by atoms with Crippen LogP contribution in [0.15, 0.2) is 36.0 Å². The van der Waals surface area contributed by atoms with Crippen LogP contribution in [0.25, 0.3) is 4.96 Å². The third kappa shape index (κ3) is 3.80. The monoisotopic (exact) mass is 371 g/mol. The molecule has 1 aliphatic carbocycles. The van der Waals surface area contributed by atoms with Crippen molar-refractivity contribution in [1.29, 1.82) is 0 Å². The maximum Gasteiger partial charge on any atom is 0.319 e. The summed E-state index contributed by atoms with van der Waals surface area (Å²) in [6.07, 6.45) is 6.78. The van der Waals surface area contributed by atoms with Crippen LogP contribution in [-0.4, -0.2) is 26.7 Å². The molecule has 2 amide bonds. The number of fused-ring (bicyclic) bond motifs is 1. The third-order valence-electron chi connectivity index (χ3n) is 4.49. The number of hydrogen-bond acceptors (Lipinski definition) is 5. The summed E-state index contributed by atoms with van der Waals surface area (Å²) in [6, 6.07) is 7.02. The Labute approximate surface area is 155 Å². The molecule has 3 aromatic rings. The number of benzene rings is 1. The van der Waals surface area contributed by atoms with E-state index in [-0.39, 0.29) is 12.1 Å². The Bertz CT molecular complexity index is 871. The highest BCUT2D eigenvalue weighted by Gasteiger charge is 2.17. The van der Waals surface area contributed by atoms with Crippen molar-refractivity contribution in [2.75, 3.05) is 5.32 Å². The number of ether oxygens (including phenoxy) is 1. The minimum atomic E-state index is -0.278. The maximum absolute atomic E-state index is 12.3. The van der Waals surface area contributed by atoms with Gasteiger partial charge in [-0.15, -0.1) is 0 Å². The van der Waals surface area contributed by atoms with Crippen molar-refractivity contribution in [3.63, 3.8) is 0 Å². The Morgan fingerprint density at radius 1 is 1.38 bits per heavy atom. The molecule has 0 bridgehead atoms. The highest BCUT2D eigenvalue weighted by molar-refractivity contribution is 7.14. The Kier molecular flexibility index (Phi) is 4.75. The summed E-state index contributed by atoms with van der Waals surface area (Å²) in [5.41, 5.74) is 3.22. The van der Waals surface area contributed by atoms with Crippen LogP contribution < -0.4 is 15.4 Å². The quantitative estimate of drug-likeness (QED) is 0.710. The molecule has 8 heteroatoms. The topological polar surface area (TPSA) is 80.5 Å². The first-order valence-corrected chi connectivity index (χ1v) is 9.68. The van der Waals surface area contributed by atoms with Crippen molar-refractivity contribution in [2.45, 2.75) is 44.8 Å². The number of carbonyl (C=O) groups is 1. The van der Waals surface area contributed by atoms with Gasteiger partial charge in [0.25, 0.3) is 0 Å². The first-order valence-electron chi connectivity index (χ1n) is 8.80. The van der Waals surface area contributed by atoms with Crippen LogP contribution in [0.4, 0.5) is 10.5 Å². The molecule has 1 fully saturated rings. The molecular formula is C18H21N5O2S. The molecule has 2 N–H and O–H groups in total. The normalized spacial score (nSPS) is 15.9. The smallest absolute Gasteiger partial charge is 0.319 e. The Morgan fingerprint density at radius 2 is 2.23 bits per heavy atom. The van der Waals surface area contributed by atoms with Crippen molar-refractivity contribution >= 4 is 28.0 Å². The van der Waals surface area contributed by atoms with Crippen LogP contribution in [-0.2, 0) is 0 Å². The maximum atomic E-state index is 12.3. The predicted octanol–water partition coefficient (Wildman–Crippen LogP) is 3.99. The van der Waals surface area contributed by atoms with E-state index in [0.29, 0.717) is 11.8 Å². The zero-order valence-corrected chi connectivity index (χ0v) is 15.3. The van der Waals surface area contributed by atoms with Gasteiger partial charge in [-0.2, -0.15) is 5.10 Å². The van der Waals surface area contributed by atoms with Crippen molar-refractivity contribution in [3.05, 3.63) is 41.7 Å². The number of hydrogen-bond donors (Lipinski definition) is 2. The molecular weight excluding hydrogens is 350 g/mol. The second-order valence-corrected chi connectivity index (χ2v) is 7.32. The summed E-state index contributed by atoms with van der Waals surface area (Å²) in [7, 11) is 0. The van der Waals surface area contributed by atoms with Gasteiger partial charge in [-0.1, -0.05) is 17.4 Å². The zero-order chi connectivity index (χ0) is 17.9. The van der Waals surface area contributed by atoms with Crippen LogP contribution >= 0.6 is 11.3 Å². The first-order chi connectivity index (χ1) is 12.7. The van der Waals surface area contributed by atoms with Crippen molar-refractivity contribution in [3.8, 4) is 5.75 Å². The van der Waals surface area contributed by atoms with E-state index >= 15 is 0 Å². The average Bonchev–Trinajstić information content (AvgIpc) is 3.31. The van der Waals surface area contributed by atoms with Crippen LogP contribution in [0, 0.1) is 0 Å². The summed E-state index contributed by atoms with van der Waals surface area (Å²) in [4.78, 5) is 17.6. The molecule has 0 radical (unpaired) electrons. The summed E-state index contributed by atoms with van der Waals surface area (Å²) < 4.78 is 7.69. The van der Waals surface area contributed by atoms with Crippen LogP contribution in [0.2, 0.25) is 0 Å². The molecule has 1 saturated carbocycles. The lowest BCUT2D eigenvalue weighted by atomic mass is 10.2. The van der Waals surface area contributed by atoms with Crippen molar-refractivity contribution in [1.82, 2.24) is 19.9 Å². The molecule has 1 atom stereocenters. The van der Waals surface area contributed by atoms with Gasteiger partial charge in [0, 0.05) is 11.8 Å². The highest BCUT2D eigenvalue weighted by atomic mass is 32.1. The molecule has 26 heavy (non-hydrogen) atoms. The highest BCUT2D eigenvalue weighted by Crippen LogP contribution is 2.25. The molecule has 0 unspecified atom stereocenters. The van der Waals surface area contributed by atoms with Gasteiger partial charge >= 0.3 is 6.03 Å². The van der Waals surface area contributed by atoms with E-state index in [1.807, 2.05) is 37.4 Å². The lowest BCUT2D eigenvalue weighted by molar-refractivity contribution is 0.210. The second-order valence-electron chi connectivity index (χ2n) is 6.50. The molecule has 0 saturated heterocycles. The van der Waals surface area contributed by atoms with Crippen molar-refractivity contribution < 1.29 is 9.53 Å². The minimum Gasteiger partial charge on any atom is -0.490 e. The van der Waals surface area contributed by atoms with Crippen LogP contribution in [0.3, 0.4) is 0 Å². The van der Waals surface area contributed by atoms with Gasteiger partial charge in [0.2, 0.25) is 4.96 Å². The Balaban J connectivity index is 1.35. The molecule has 2 heterocycles. The fraction of sp³-hybridized carbons (Fsp3) is 0.389. The molecule has 1 aliphatic rings. The largest absolute Gasteiger partial charge is 0.490 e. The Morgan fingerprint density at radius 3 is 3.04 bits per heavy atom. The third-order valence-corrected chi connectivity index (χ3v) is 5.18. The molecule has 136 valence electrons. The summed E-state index contributed by atoms with van der Waals surface area (Å²) in [5, 5.41) is 9.91. The van der Waals surface area contributed by atoms with Gasteiger partial charge in [-0.3, -0.25) is 0 Å². The lowest BCUT2D eigenvalue weighted by Crippen LogP contribution is -2.31. The summed E-state index contributed by atoms with van der Waals surface area (Å²) in [5.74, 6) is 0.795. The van der Waals surface area contributed by atoms with E-state index in [4.69, 9.17) is 4.74 Å². The second kappa shape index (κ2) is 7.33. The predicted molar refractivity (Wildman–Crippen MR) is 101 cm³/mol. The molecule has 2 aromatic heterocycles. The standard InChI is InChI=1S/C18H21N5O2S/c1-12(16-10-23-18(22-16)26-11-19-23)20-17(24)21-13-5-4-8-15(9-13)25-14-6-2-3-7-14/h4-5,8-12,14H,2-3,6-7H2,1H3,(H2,20,21,24)/t12-/m0/s1. The summed E-state index contributed by atoms with van der Waals surface area (Å²) in [6.45, 7) is 1.89. The number of urea groups is 1. The zero-order valence-electron chi connectivity index (χ0n) is 14.5. The molecule has 7 nitrogen and oxygen atoms in total. The number of amides is 2. The molecule has 0 aliphatic heterocycles. The van der Waals surface area contributed by atoms with Crippen LogP contribution in [0.5, 0.6) is 5.75 Å². The fourth-order valence-electron chi connectivity index (χ4n) is 3.15. The lowest BCUT2D eigenvalue weighted by Gasteiger charge is -2.15. The number of aromatic nitrogens is 3. The number of imidazole rings is 1. The van der Waals surface area contributed by atoms with Crippen LogP contribution in [0.1, 0.15) is 44.3 Å². The number of anilines is 1. The van der Waals surface area contributed by atoms with Gasteiger partial charge in [-0.25, -0.2) is 14.3 Å².